The zero-order valence-electron chi connectivity index (χ0n) is 16.0. The van der Waals surface area contributed by atoms with Gasteiger partial charge in [-0.25, -0.2) is 25.1 Å². The Labute approximate surface area is 153 Å². The molecule has 4 atom stereocenters. The maximum absolute atomic E-state index is 9.25. The van der Waals surface area contributed by atoms with Crippen molar-refractivity contribution >= 4 is 25.3 Å². The summed E-state index contributed by atoms with van der Waals surface area (Å²) < 4.78 is 14.3. The number of hydrogen-bond donors (Lipinski definition) is 2. The number of ether oxygens (including phenoxy) is 1. The zero-order chi connectivity index (χ0) is 19.3. The molecule has 2 aromatic rings. The molecule has 0 aromatic carbocycles. The van der Waals surface area contributed by atoms with Gasteiger partial charge in [-0.1, -0.05) is 27.7 Å². The molecule has 10 heteroatoms. The van der Waals surface area contributed by atoms with E-state index in [0.29, 0.717) is 17.0 Å². The van der Waals surface area contributed by atoms with E-state index in [2.05, 4.69) is 53.7 Å². The number of nitrogen functional groups attached to an aromatic ring is 1. The number of fused-ring (bicyclic) bond motifs is 1. The maximum atomic E-state index is 9.25. The van der Waals surface area contributed by atoms with Gasteiger partial charge in [0.25, 0.3) is 0 Å². The Morgan fingerprint density at radius 1 is 1.27 bits per heavy atom. The predicted molar refractivity (Wildman–Crippen MR) is 98.6 cm³/mol. The van der Waals surface area contributed by atoms with E-state index in [9.17, 15) is 5.26 Å². The fourth-order valence-corrected chi connectivity index (χ4v) is 4.20. The van der Waals surface area contributed by atoms with Gasteiger partial charge in [0.1, 0.15) is 11.8 Å². The van der Waals surface area contributed by atoms with E-state index < -0.39 is 20.8 Å². The summed E-state index contributed by atoms with van der Waals surface area (Å²) in [5.74, 6) is 0.118. The van der Waals surface area contributed by atoms with Crippen molar-refractivity contribution in [3.63, 3.8) is 0 Å². The first kappa shape index (κ1) is 19.2. The van der Waals surface area contributed by atoms with Crippen LogP contribution in [0.25, 0.3) is 11.2 Å². The molecular formula is C16H27N5O4Si. The van der Waals surface area contributed by atoms with Crippen molar-refractivity contribution in [3.05, 3.63) is 12.7 Å². The van der Waals surface area contributed by atoms with E-state index in [1.54, 1.807) is 10.9 Å². The summed E-state index contributed by atoms with van der Waals surface area (Å²) in [5.41, 5.74) is 6.94. The summed E-state index contributed by atoms with van der Waals surface area (Å²) in [4.78, 5) is 17.1. The average molecular weight is 382 g/mol. The lowest BCUT2D eigenvalue weighted by atomic mass is 10.1. The zero-order valence-corrected chi connectivity index (χ0v) is 17.0. The third-order valence-corrected chi connectivity index (χ3v) is 9.98. The summed E-state index contributed by atoms with van der Waals surface area (Å²) in [7, 11) is -2.10. The minimum atomic E-state index is -2.10. The Bertz CT molecular complexity index is 791. The Morgan fingerprint density at radius 3 is 2.58 bits per heavy atom. The predicted octanol–water partition coefficient (Wildman–Crippen LogP) is 2.78. The molecule has 0 amide bonds. The normalized spacial score (nSPS) is 27.3. The van der Waals surface area contributed by atoms with Crippen molar-refractivity contribution < 1.29 is 19.3 Å². The molecule has 144 valence electrons. The SMILES string of the molecule is CC1[C@@H](OO)O[C@@H](n2cnc3c(N)ncnc32)[C@@H]1O[Si](C)(C)C(C)(C)C. The van der Waals surface area contributed by atoms with Crippen LogP contribution in [0.15, 0.2) is 12.7 Å². The molecule has 1 aliphatic heterocycles. The fourth-order valence-electron chi connectivity index (χ4n) is 2.84. The molecule has 0 bridgehead atoms. The lowest BCUT2D eigenvalue weighted by Crippen LogP contribution is -2.46. The van der Waals surface area contributed by atoms with Crippen molar-refractivity contribution in [2.24, 2.45) is 5.92 Å². The Morgan fingerprint density at radius 2 is 1.96 bits per heavy atom. The van der Waals surface area contributed by atoms with E-state index >= 15 is 0 Å². The highest BCUT2D eigenvalue weighted by Gasteiger charge is 2.50. The number of rotatable bonds is 4. The first-order valence-corrected chi connectivity index (χ1v) is 11.5. The van der Waals surface area contributed by atoms with Gasteiger partial charge in [-0.05, 0) is 18.1 Å². The highest BCUT2D eigenvalue weighted by atomic mass is 28.4. The van der Waals surface area contributed by atoms with Gasteiger partial charge in [-0.2, -0.15) is 0 Å². The summed E-state index contributed by atoms with van der Waals surface area (Å²) in [6.07, 6.45) is 1.32. The van der Waals surface area contributed by atoms with Crippen molar-refractivity contribution in [2.45, 2.75) is 64.4 Å². The van der Waals surface area contributed by atoms with Crippen LogP contribution in [0.1, 0.15) is 33.9 Å². The number of nitrogens with zero attached hydrogens (tertiary/aromatic N) is 4. The molecule has 1 fully saturated rings. The monoisotopic (exact) mass is 381 g/mol. The van der Waals surface area contributed by atoms with E-state index in [0.717, 1.165) is 0 Å². The summed E-state index contributed by atoms with van der Waals surface area (Å²) in [6, 6.07) is 0. The smallest absolute Gasteiger partial charge is 0.198 e. The maximum Gasteiger partial charge on any atom is 0.198 e. The summed E-state index contributed by atoms with van der Waals surface area (Å²) >= 11 is 0. The van der Waals surface area contributed by atoms with Gasteiger partial charge < -0.3 is 14.9 Å². The Balaban J connectivity index is 2.01. The van der Waals surface area contributed by atoms with Crippen LogP contribution in [0, 0.1) is 5.92 Å². The highest BCUT2D eigenvalue weighted by Crippen LogP contribution is 2.44. The van der Waals surface area contributed by atoms with E-state index in [1.807, 2.05) is 6.92 Å². The van der Waals surface area contributed by atoms with Gasteiger partial charge in [-0.15, -0.1) is 0 Å². The molecule has 0 aliphatic carbocycles. The van der Waals surface area contributed by atoms with Crippen LogP contribution in [0.2, 0.25) is 18.1 Å². The second-order valence-corrected chi connectivity index (χ2v) is 13.0. The number of imidazole rings is 1. The minimum Gasteiger partial charge on any atom is -0.409 e. The molecule has 3 N–H and O–H groups in total. The number of nitrogens with two attached hydrogens (primary N) is 1. The van der Waals surface area contributed by atoms with Crippen molar-refractivity contribution in [3.8, 4) is 0 Å². The van der Waals surface area contributed by atoms with E-state index in [4.69, 9.17) is 14.9 Å². The number of aromatic nitrogens is 4. The van der Waals surface area contributed by atoms with Crippen LogP contribution >= 0.6 is 0 Å². The Hall–Kier alpha value is -1.59. The summed E-state index contributed by atoms with van der Waals surface area (Å²) in [5, 5.41) is 9.27. The van der Waals surface area contributed by atoms with Crippen LogP contribution in [-0.2, 0) is 14.1 Å². The number of hydrogen-bond acceptors (Lipinski definition) is 8. The number of anilines is 1. The highest BCUT2D eigenvalue weighted by molar-refractivity contribution is 6.74. The first-order chi connectivity index (χ1) is 12.1. The van der Waals surface area contributed by atoms with Crippen LogP contribution in [0.5, 0.6) is 0 Å². The molecule has 1 saturated heterocycles. The minimum absolute atomic E-state index is 0.0268. The van der Waals surface area contributed by atoms with Crippen molar-refractivity contribution in [1.29, 1.82) is 0 Å². The van der Waals surface area contributed by atoms with Crippen LogP contribution in [-0.4, -0.2) is 45.5 Å². The molecule has 0 saturated carbocycles. The average Bonchev–Trinajstić information content (AvgIpc) is 3.09. The molecule has 3 rings (SSSR count). The van der Waals surface area contributed by atoms with E-state index in [-0.39, 0.29) is 17.1 Å². The summed E-state index contributed by atoms with van der Waals surface area (Å²) in [6.45, 7) is 12.8. The topological polar surface area (TPSA) is 118 Å². The molecule has 3 heterocycles. The molecule has 1 aliphatic rings. The lowest BCUT2D eigenvalue weighted by molar-refractivity contribution is -0.351. The fraction of sp³-hybridized carbons (Fsp3) is 0.688. The van der Waals surface area contributed by atoms with Gasteiger partial charge >= 0.3 is 0 Å². The van der Waals surface area contributed by atoms with Crippen LogP contribution in [0.3, 0.4) is 0 Å². The molecule has 9 nitrogen and oxygen atoms in total. The molecular weight excluding hydrogens is 354 g/mol. The molecule has 1 unspecified atom stereocenters. The molecule has 2 aromatic heterocycles. The largest absolute Gasteiger partial charge is 0.409 e. The standard InChI is InChI=1S/C16H27N5O4Si/c1-9-11(25-26(5,6)16(2,3)4)14(23-15(9)24-22)21-8-20-10-12(17)18-7-19-13(10)21/h7-9,11,14-15,22H,1-6H3,(H2,17,18,19)/t9?,11-,14-,15-/m1/s1. The van der Waals surface area contributed by atoms with Gasteiger partial charge in [0.05, 0.1) is 12.4 Å². The van der Waals surface area contributed by atoms with Crippen LogP contribution in [0.4, 0.5) is 5.82 Å². The van der Waals surface area contributed by atoms with Gasteiger partial charge in [0, 0.05) is 5.92 Å². The second kappa shape index (κ2) is 6.53. The van der Waals surface area contributed by atoms with E-state index in [1.165, 1.54) is 6.33 Å². The molecule has 26 heavy (non-hydrogen) atoms. The van der Waals surface area contributed by atoms with Crippen LogP contribution < -0.4 is 5.73 Å². The quantitative estimate of drug-likeness (QED) is 0.471. The van der Waals surface area contributed by atoms with Gasteiger partial charge in [0.15, 0.2) is 32.3 Å². The van der Waals surface area contributed by atoms with Crippen molar-refractivity contribution in [1.82, 2.24) is 19.5 Å². The van der Waals surface area contributed by atoms with Gasteiger partial charge in [-0.3, -0.25) is 4.57 Å². The third kappa shape index (κ3) is 3.12. The lowest BCUT2D eigenvalue weighted by Gasteiger charge is -2.40. The van der Waals surface area contributed by atoms with Crippen molar-refractivity contribution in [2.75, 3.05) is 5.73 Å². The second-order valence-electron chi connectivity index (χ2n) is 8.29. The Kier molecular flexibility index (Phi) is 4.82. The molecule has 0 radical (unpaired) electrons. The third-order valence-electron chi connectivity index (χ3n) is 5.50. The molecule has 0 spiro atoms. The first-order valence-electron chi connectivity index (χ1n) is 8.63. The van der Waals surface area contributed by atoms with Gasteiger partial charge in [0.2, 0.25) is 0 Å².